The van der Waals surface area contributed by atoms with Crippen LogP contribution in [0.2, 0.25) is 5.02 Å². The fourth-order valence-corrected chi connectivity index (χ4v) is 2.97. The fraction of sp³-hybridized carbons (Fsp3) is 0.0714. The van der Waals surface area contributed by atoms with Gasteiger partial charge in [-0.25, -0.2) is 0 Å². The average molecular weight is 277 g/mol. The molecule has 0 amide bonds. The van der Waals surface area contributed by atoms with Gasteiger partial charge in [-0.1, -0.05) is 29.8 Å². The number of ketones is 1. The molecule has 3 rings (SSSR count). The summed E-state index contributed by atoms with van der Waals surface area (Å²) in [6, 6.07) is 9.31. The monoisotopic (exact) mass is 276 g/mol. The largest absolute Gasteiger partial charge is 0.452 e. The van der Waals surface area contributed by atoms with Crippen molar-refractivity contribution in [3.8, 4) is 0 Å². The molecule has 18 heavy (non-hydrogen) atoms. The van der Waals surface area contributed by atoms with E-state index in [0.29, 0.717) is 15.7 Å². The van der Waals surface area contributed by atoms with Crippen molar-refractivity contribution in [1.29, 1.82) is 0 Å². The quantitative estimate of drug-likeness (QED) is 0.636. The SMILES string of the molecule is Cc1cccc2cc(C(=O)c3sccc3Cl)oc12. The topological polar surface area (TPSA) is 30.2 Å². The molecule has 2 aromatic heterocycles. The van der Waals surface area contributed by atoms with Gasteiger partial charge in [-0.15, -0.1) is 11.3 Å². The van der Waals surface area contributed by atoms with Crippen LogP contribution in [0.1, 0.15) is 21.0 Å². The maximum absolute atomic E-state index is 12.2. The lowest BCUT2D eigenvalue weighted by atomic mass is 10.1. The Hall–Kier alpha value is -1.58. The van der Waals surface area contributed by atoms with Crippen LogP contribution in [0.25, 0.3) is 11.0 Å². The number of thiophene rings is 1. The number of fused-ring (bicyclic) bond motifs is 1. The molecule has 0 saturated heterocycles. The van der Waals surface area contributed by atoms with Crippen molar-refractivity contribution < 1.29 is 9.21 Å². The lowest BCUT2D eigenvalue weighted by molar-refractivity contribution is 0.101. The lowest BCUT2D eigenvalue weighted by Crippen LogP contribution is -1.96. The molecule has 0 aliphatic rings. The van der Waals surface area contributed by atoms with Gasteiger partial charge in [-0.05, 0) is 30.0 Å². The van der Waals surface area contributed by atoms with Crippen molar-refractivity contribution in [1.82, 2.24) is 0 Å². The molecule has 0 radical (unpaired) electrons. The molecule has 0 aliphatic carbocycles. The Kier molecular flexibility index (Phi) is 2.73. The van der Waals surface area contributed by atoms with Crippen LogP contribution in [0.5, 0.6) is 0 Å². The number of rotatable bonds is 2. The highest BCUT2D eigenvalue weighted by Gasteiger charge is 2.18. The number of carbonyl (C=O) groups is 1. The number of para-hydroxylation sites is 1. The van der Waals surface area contributed by atoms with Gasteiger partial charge in [0, 0.05) is 5.39 Å². The molecule has 0 atom stereocenters. The van der Waals surface area contributed by atoms with E-state index in [0.717, 1.165) is 16.5 Å². The van der Waals surface area contributed by atoms with E-state index in [1.807, 2.05) is 25.1 Å². The van der Waals surface area contributed by atoms with Crippen LogP contribution in [0, 0.1) is 6.92 Å². The molecule has 0 N–H and O–H groups in total. The summed E-state index contributed by atoms with van der Waals surface area (Å²) in [5.74, 6) is 0.175. The van der Waals surface area contributed by atoms with Gasteiger partial charge < -0.3 is 4.42 Å². The zero-order chi connectivity index (χ0) is 12.7. The Morgan fingerprint density at radius 3 is 2.83 bits per heavy atom. The minimum absolute atomic E-state index is 0.161. The third-order valence-corrected chi connectivity index (χ3v) is 4.13. The minimum Gasteiger partial charge on any atom is -0.452 e. The maximum atomic E-state index is 12.2. The summed E-state index contributed by atoms with van der Waals surface area (Å²) in [6.07, 6.45) is 0. The number of hydrogen-bond donors (Lipinski definition) is 0. The van der Waals surface area contributed by atoms with Crippen LogP contribution in [0.4, 0.5) is 0 Å². The molecule has 0 saturated carbocycles. The molecule has 1 aromatic carbocycles. The van der Waals surface area contributed by atoms with Crippen LogP contribution < -0.4 is 0 Å². The first-order valence-corrected chi connectivity index (χ1v) is 6.69. The number of furan rings is 1. The second-order valence-corrected chi connectivity index (χ2v) is 5.35. The first kappa shape index (κ1) is 11.5. The summed E-state index contributed by atoms with van der Waals surface area (Å²) in [6.45, 7) is 1.96. The summed E-state index contributed by atoms with van der Waals surface area (Å²) in [5, 5.41) is 3.21. The van der Waals surface area contributed by atoms with E-state index in [9.17, 15) is 4.79 Å². The molecule has 0 bridgehead atoms. The van der Waals surface area contributed by atoms with Crippen molar-refractivity contribution in [2.75, 3.05) is 0 Å². The van der Waals surface area contributed by atoms with E-state index in [1.54, 1.807) is 17.5 Å². The summed E-state index contributed by atoms with van der Waals surface area (Å²) >= 11 is 7.29. The van der Waals surface area contributed by atoms with Crippen LogP contribution >= 0.6 is 22.9 Å². The van der Waals surface area contributed by atoms with Crippen LogP contribution in [-0.2, 0) is 0 Å². The molecule has 0 fully saturated rings. The van der Waals surface area contributed by atoms with Gasteiger partial charge >= 0.3 is 0 Å². The Morgan fingerprint density at radius 1 is 1.33 bits per heavy atom. The number of benzene rings is 1. The van der Waals surface area contributed by atoms with Crippen LogP contribution in [0.3, 0.4) is 0 Å². The Morgan fingerprint density at radius 2 is 2.17 bits per heavy atom. The predicted octanol–water partition coefficient (Wildman–Crippen LogP) is 4.69. The molecule has 90 valence electrons. The van der Waals surface area contributed by atoms with E-state index < -0.39 is 0 Å². The average Bonchev–Trinajstić information content (AvgIpc) is 2.95. The standard InChI is InChI=1S/C14H9ClO2S/c1-8-3-2-4-9-7-11(17-13(8)9)12(16)14-10(15)5-6-18-14/h2-7H,1H3. The number of aryl methyl sites for hydroxylation is 1. The summed E-state index contributed by atoms with van der Waals surface area (Å²) in [5.41, 5.74) is 1.78. The molecule has 4 heteroatoms. The Labute approximate surface area is 113 Å². The maximum Gasteiger partial charge on any atom is 0.239 e. The molecule has 0 spiro atoms. The van der Waals surface area contributed by atoms with E-state index in [4.69, 9.17) is 16.0 Å². The molecule has 2 nitrogen and oxygen atoms in total. The molecular formula is C14H9ClO2S. The first-order valence-electron chi connectivity index (χ1n) is 5.43. The van der Waals surface area contributed by atoms with Gasteiger partial charge in [0.1, 0.15) is 5.58 Å². The normalized spacial score (nSPS) is 11.0. The minimum atomic E-state index is -0.161. The summed E-state index contributed by atoms with van der Waals surface area (Å²) in [4.78, 5) is 12.8. The fourth-order valence-electron chi connectivity index (χ4n) is 1.89. The third-order valence-electron chi connectivity index (χ3n) is 2.79. The molecule has 0 aliphatic heterocycles. The first-order chi connectivity index (χ1) is 8.66. The molecule has 3 aromatic rings. The van der Waals surface area contributed by atoms with Gasteiger partial charge in [0.25, 0.3) is 0 Å². The van der Waals surface area contributed by atoms with Crippen LogP contribution in [0.15, 0.2) is 40.1 Å². The second-order valence-electron chi connectivity index (χ2n) is 4.03. The predicted molar refractivity (Wildman–Crippen MR) is 73.7 cm³/mol. The zero-order valence-electron chi connectivity index (χ0n) is 9.57. The second kappa shape index (κ2) is 4.26. The van der Waals surface area contributed by atoms with Crippen molar-refractivity contribution in [3.05, 3.63) is 56.9 Å². The van der Waals surface area contributed by atoms with E-state index in [-0.39, 0.29) is 5.78 Å². The smallest absolute Gasteiger partial charge is 0.239 e. The molecule has 0 unspecified atom stereocenters. The van der Waals surface area contributed by atoms with Crippen molar-refractivity contribution in [3.63, 3.8) is 0 Å². The number of carbonyl (C=O) groups excluding carboxylic acids is 1. The van der Waals surface area contributed by atoms with E-state index in [2.05, 4.69) is 0 Å². The Balaban J connectivity index is 2.13. The van der Waals surface area contributed by atoms with Gasteiger partial charge in [0.2, 0.25) is 5.78 Å². The highest BCUT2D eigenvalue weighted by Crippen LogP contribution is 2.28. The van der Waals surface area contributed by atoms with Crippen molar-refractivity contribution in [2.24, 2.45) is 0 Å². The van der Waals surface area contributed by atoms with E-state index in [1.165, 1.54) is 11.3 Å². The number of halogens is 1. The van der Waals surface area contributed by atoms with Gasteiger partial charge in [0.05, 0.1) is 9.90 Å². The zero-order valence-corrected chi connectivity index (χ0v) is 11.1. The van der Waals surface area contributed by atoms with E-state index >= 15 is 0 Å². The summed E-state index contributed by atoms with van der Waals surface area (Å²) in [7, 11) is 0. The van der Waals surface area contributed by atoms with Crippen LogP contribution in [-0.4, -0.2) is 5.78 Å². The van der Waals surface area contributed by atoms with Gasteiger partial charge in [-0.3, -0.25) is 4.79 Å². The van der Waals surface area contributed by atoms with Crippen molar-refractivity contribution >= 4 is 39.7 Å². The van der Waals surface area contributed by atoms with Gasteiger partial charge in [0.15, 0.2) is 5.76 Å². The highest BCUT2D eigenvalue weighted by atomic mass is 35.5. The lowest BCUT2D eigenvalue weighted by Gasteiger charge is -1.94. The number of hydrogen-bond acceptors (Lipinski definition) is 3. The Bertz CT molecular complexity index is 739. The third kappa shape index (κ3) is 1.76. The highest BCUT2D eigenvalue weighted by molar-refractivity contribution is 7.13. The molecule has 2 heterocycles. The van der Waals surface area contributed by atoms with Gasteiger partial charge in [-0.2, -0.15) is 0 Å². The van der Waals surface area contributed by atoms with Crippen molar-refractivity contribution in [2.45, 2.75) is 6.92 Å². The molecular weight excluding hydrogens is 268 g/mol. The summed E-state index contributed by atoms with van der Waals surface area (Å²) < 4.78 is 5.64.